The van der Waals surface area contributed by atoms with Crippen molar-refractivity contribution < 1.29 is 9.59 Å². The van der Waals surface area contributed by atoms with E-state index < -0.39 is 0 Å². The maximum atomic E-state index is 12.7. The molecule has 30 heavy (non-hydrogen) atoms. The average Bonchev–Trinajstić information content (AvgIpc) is 3.22. The molecule has 4 rings (SSSR count). The zero-order valence-electron chi connectivity index (χ0n) is 16.7. The van der Waals surface area contributed by atoms with Crippen molar-refractivity contribution >= 4 is 28.3 Å². The van der Waals surface area contributed by atoms with Crippen LogP contribution in [0.25, 0.3) is 0 Å². The fraction of sp³-hybridized carbons (Fsp3) is 0.261. The summed E-state index contributed by atoms with van der Waals surface area (Å²) >= 11 is 1.34. The van der Waals surface area contributed by atoms with E-state index in [2.05, 4.69) is 39.5 Å². The van der Waals surface area contributed by atoms with Gasteiger partial charge in [0.1, 0.15) is 0 Å². The van der Waals surface area contributed by atoms with Crippen LogP contribution in [0.15, 0.2) is 66.0 Å². The number of nitrogens with one attached hydrogen (secondary N) is 1. The monoisotopic (exact) mass is 420 g/mol. The molecule has 1 saturated heterocycles. The van der Waals surface area contributed by atoms with Crippen LogP contribution in [0.2, 0.25) is 0 Å². The van der Waals surface area contributed by atoms with Gasteiger partial charge in [-0.05, 0) is 17.7 Å². The normalized spacial score (nSPS) is 14.5. The largest absolute Gasteiger partial charge is 0.340 e. The number of anilines is 1. The van der Waals surface area contributed by atoms with E-state index in [0.717, 1.165) is 32.7 Å². The first-order chi connectivity index (χ1) is 14.7. The van der Waals surface area contributed by atoms with Crippen LogP contribution in [0.3, 0.4) is 0 Å². The quantitative estimate of drug-likeness (QED) is 0.665. The van der Waals surface area contributed by atoms with Gasteiger partial charge in [-0.1, -0.05) is 48.5 Å². The van der Waals surface area contributed by atoms with Crippen LogP contribution in [0.1, 0.15) is 21.6 Å². The standard InChI is InChI=1S/C23H24N4O2S/c28-21(27-13-11-26(12-14-27)16-18-7-3-1-4-8-18)15-20-17-30-23(24-20)25-22(29)19-9-5-2-6-10-19/h1-10,17H,11-16H2,(H,24,25,29). The summed E-state index contributed by atoms with van der Waals surface area (Å²) in [5.74, 6) is -0.113. The molecular formula is C23H24N4O2S. The smallest absolute Gasteiger partial charge is 0.257 e. The molecule has 2 heterocycles. The molecule has 7 heteroatoms. The minimum Gasteiger partial charge on any atom is -0.340 e. The maximum Gasteiger partial charge on any atom is 0.257 e. The lowest BCUT2D eigenvalue weighted by Crippen LogP contribution is -2.48. The molecule has 0 saturated carbocycles. The van der Waals surface area contributed by atoms with Crippen molar-refractivity contribution in [3.63, 3.8) is 0 Å². The van der Waals surface area contributed by atoms with Crippen LogP contribution >= 0.6 is 11.3 Å². The molecular weight excluding hydrogens is 396 g/mol. The average molecular weight is 421 g/mol. The van der Waals surface area contributed by atoms with E-state index in [1.54, 1.807) is 12.1 Å². The highest BCUT2D eigenvalue weighted by Gasteiger charge is 2.22. The van der Waals surface area contributed by atoms with E-state index in [0.29, 0.717) is 16.4 Å². The second-order valence-corrected chi connectivity index (χ2v) is 8.14. The van der Waals surface area contributed by atoms with E-state index in [9.17, 15) is 9.59 Å². The summed E-state index contributed by atoms with van der Waals surface area (Å²) in [4.78, 5) is 33.6. The molecule has 1 fully saturated rings. The zero-order chi connectivity index (χ0) is 20.8. The second-order valence-electron chi connectivity index (χ2n) is 7.28. The molecule has 0 aliphatic carbocycles. The minimum absolute atomic E-state index is 0.0839. The molecule has 0 bridgehead atoms. The Balaban J connectivity index is 1.25. The van der Waals surface area contributed by atoms with Crippen molar-refractivity contribution in [2.75, 3.05) is 31.5 Å². The van der Waals surface area contributed by atoms with Crippen molar-refractivity contribution in [3.05, 3.63) is 82.9 Å². The first-order valence-corrected chi connectivity index (χ1v) is 10.9. The van der Waals surface area contributed by atoms with Gasteiger partial charge in [-0.25, -0.2) is 4.98 Å². The van der Waals surface area contributed by atoms with Gasteiger partial charge in [0, 0.05) is 43.7 Å². The Bertz CT molecular complexity index is 983. The lowest BCUT2D eigenvalue weighted by molar-refractivity contribution is -0.132. The van der Waals surface area contributed by atoms with Gasteiger partial charge in [0.2, 0.25) is 5.91 Å². The Labute approximate surface area is 180 Å². The van der Waals surface area contributed by atoms with Gasteiger partial charge in [-0.2, -0.15) is 0 Å². The van der Waals surface area contributed by atoms with E-state index in [-0.39, 0.29) is 18.2 Å². The third-order valence-electron chi connectivity index (χ3n) is 5.11. The van der Waals surface area contributed by atoms with E-state index in [1.165, 1.54) is 16.9 Å². The van der Waals surface area contributed by atoms with Gasteiger partial charge >= 0.3 is 0 Å². The number of nitrogens with zero attached hydrogens (tertiary/aromatic N) is 3. The fourth-order valence-electron chi connectivity index (χ4n) is 3.47. The third-order valence-corrected chi connectivity index (χ3v) is 5.92. The summed E-state index contributed by atoms with van der Waals surface area (Å²) in [5, 5.41) is 5.15. The third kappa shape index (κ3) is 5.31. The molecule has 6 nitrogen and oxygen atoms in total. The Morgan fingerprint density at radius 1 is 0.933 bits per heavy atom. The Kier molecular flexibility index (Phi) is 6.51. The second kappa shape index (κ2) is 9.65. The van der Waals surface area contributed by atoms with Crippen LogP contribution in [-0.2, 0) is 17.8 Å². The van der Waals surface area contributed by atoms with Crippen LogP contribution < -0.4 is 5.32 Å². The number of hydrogen-bond donors (Lipinski definition) is 1. The number of hydrogen-bond acceptors (Lipinski definition) is 5. The van der Waals surface area contributed by atoms with Crippen molar-refractivity contribution in [2.45, 2.75) is 13.0 Å². The first kappa shape index (κ1) is 20.3. The van der Waals surface area contributed by atoms with Crippen LogP contribution in [-0.4, -0.2) is 52.8 Å². The number of carbonyl (C=O) groups is 2. The molecule has 1 aliphatic heterocycles. The van der Waals surface area contributed by atoms with Gasteiger partial charge in [0.15, 0.2) is 5.13 Å². The Hall–Kier alpha value is -3.03. The van der Waals surface area contributed by atoms with Crippen molar-refractivity contribution in [1.29, 1.82) is 0 Å². The number of aromatic nitrogens is 1. The Morgan fingerprint density at radius 3 is 2.30 bits per heavy atom. The minimum atomic E-state index is -0.197. The lowest BCUT2D eigenvalue weighted by atomic mass is 10.2. The number of piperazine rings is 1. The highest BCUT2D eigenvalue weighted by Crippen LogP contribution is 2.18. The van der Waals surface area contributed by atoms with Crippen LogP contribution in [0.4, 0.5) is 5.13 Å². The summed E-state index contributed by atoms with van der Waals surface area (Å²) in [6.45, 7) is 4.12. The van der Waals surface area contributed by atoms with E-state index in [1.807, 2.05) is 34.5 Å². The van der Waals surface area contributed by atoms with Gasteiger partial charge in [0.05, 0.1) is 12.1 Å². The molecule has 154 valence electrons. The highest BCUT2D eigenvalue weighted by atomic mass is 32.1. The van der Waals surface area contributed by atoms with Crippen LogP contribution in [0, 0.1) is 0 Å². The number of benzene rings is 2. The number of carbonyl (C=O) groups excluding carboxylic acids is 2. The molecule has 3 aromatic rings. The zero-order valence-corrected chi connectivity index (χ0v) is 17.5. The van der Waals surface area contributed by atoms with Crippen molar-refractivity contribution in [3.8, 4) is 0 Å². The van der Waals surface area contributed by atoms with Crippen molar-refractivity contribution in [1.82, 2.24) is 14.8 Å². The summed E-state index contributed by atoms with van der Waals surface area (Å²) in [6.07, 6.45) is 0.260. The van der Waals surface area contributed by atoms with Crippen LogP contribution in [0.5, 0.6) is 0 Å². The summed E-state index contributed by atoms with van der Waals surface area (Å²) in [5.41, 5.74) is 2.57. The first-order valence-electron chi connectivity index (χ1n) is 10.0. The highest BCUT2D eigenvalue weighted by molar-refractivity contribution is 7.14. The summed E-state index contributed by atoms with van der Waals surface area (Å²) in [6, 6.07) is 19.4. The summed E-state index contributed by atoms with van der Waals surface area (Å²) in [7, 11) is 0. The van der Waals surface area contributed by atoms with E-state index in [4.69, 9.17) is 0 Å². The molecule has 2 amide bonds. The Morgan fingerprint density at radius 2 is 1.60 bits per heavy atom. The molecule has 0 spiro atoms. The molecule has 1 aliphatic rings. The van der Waals surface area contributed by atoms with Gasteiger partial charge < -0.3 is 4.90 Å². The number of rotatable bonds is 6. The predicted molar refractivity (Wildman–Crippen MR) is 119 cm³/mol. The lowest BCUT2D eigenvalue weighted by Gasteiger charge is -2.34. The molecule has 1 aromatic heterocycles. The van der Waals surface area contributed by atoms with Crippen molar-refractivity contribution in [2.24, 2.45) is 0 Å². The molecule has 2 aromatic carbocycles. The SMILES string of the molecule is O=C(Nc1nc(CC(=O)N2CCN(Cc3ccccc3)CC2)cs1)c1ccccc1. The number of thiazole rings is 1. The molecule has 0 atom stereocenters. The van der Waals surface area contributed by atoms with E-state index >= 15 is 0 Å². The molecule has 1 N–H and O–H groups in total. The maximum absolute atomic E-state index is 12.7. The van der Waals surface area contributed by atoms with Gasteiger partial charge in [-0.15, -0.1) is 11.3 Å². The number of amides is 2. The predicted octanol–water partition coefficient (Wildman–Crippen LogP) is 3.28. The van der Waals surface area contributed by atoms with Gasteiger partial charge in [-0.3, -0.25) is 19.8 Å². The topological polar surface area (TPSA) is 65.5 Å². The fourth-order valence-corrected chi connectivity index (χ4v) is 4.17. The molecule has 0 unspecified atom stereocenters. The molecule has 0 radical (unpaired) electrons. The van der Waals surface area contributed by atoms with Gasteiger partial charge in [0.25, 0.3) is 5.91 Å². The summed E-state index contributed by atoms with van der Waals surface area (Å²) < 4.78 is 0.